The maximum atomic E-state index is 11.9. The van der Waals surface area contributed by atoms with Crippen molar-refractivity contribution < 1.29 is 14.6 Å². The van der Waals surface area contributed by atoms with E-state index >= 15 is 0 Å². The number of urea groups is 1. The zero-order valence-electron chi connectivity index (χ0n) is 13.2. The van der Waals surface area contributed by atoms with Gasteiger partial charge in [0.25, 0.3) is 0 Å². The van der Waals surface area contributed by atoms with Gasteiger partial charge in [-0.2, -0.15) is 0 Å². The highest BCUT2D eigenvalue weighted by molar-refractivity contribution is 5.89. The van der Waals surface area contributed by atoms with Crippen molar-refractivity contribution in [2.45, 2.75) is 26.3 Å². The smallest absolute Gasteiger partial charge is 0.319 e. The van der Waals surface area contributed by atoms with Gasteiger partial charge in [-0.25, -0.2) is 4.79 Å². The van der Waals surface area contributed by atoms with Gasteiger partial charge >= 0.3 is 6.03 Å². The van der Waals surface area contributed by atoms with Gasteiger partial charge in [0.15, 0.2) is 0 Å². The van der Waals surface area contributed by atoms with Crippen molar-refractivity contribution >= 4 is 11.7 Å². The third-order valence-electron chi connectivity index (χ3n) is 3.34. The van der Waals surface area contributed by atoms with Gasteiger partial charge in [-0.1, -0.05) is 6.92 Å². The van der Waals surface area contributed by atoms with Crippen molar-refractivity contribution in [3.63, 3.8) is 0 Å². The Hall–Kier alpha value is -2.60. The van der Waals surface area contributed by atoms with E-state index in [4.69, 9.17) is 9.84 Å². The van der Waals surface area contributed by atoms with Crippen molar-refractivity contribution in [2.24, 2.45) is 0 Å². The molecule has 1 atom stereocenters. The number of hydrogen-bond acceptors (Lipinski definition) is 4. The third-order valence-corrected chi connectivity index (χ3v) is 3.34. The zero-order chi connectivity index (χ0) is 16.7. The molecule has 0 saturated heterocycles. The van der Waals surface area contributed by atoms with Crippen LogP contribution in [-0.2, 0) is 0 Å². The molecular formula is C17H21N3O3. The van der Waals surface area contributed by atoms with Gasteiger partial charge in [0.2, 0.25) is 0 Å². The second-order valence-electron chi connectivity index (χ2n) is 5.16. The lowest BCUT2D eigenvalue weighted by molar-refractivity contribution is 0.222. The normalized spacial score (nSPS) is 11.6. The van der Waals surface area contributed by atoms with Crippen LogP contribution < -0.4 is 15.4 Å². The molecule has 0 aliphatic carbocycles. The largest absolute Gasteiger partial charge is 0.455 e. The molecule has 0 unspecified atom stereocenters. The number of nitrogens with zero attached hydrogens (tertiary/aromatic N) is 1. The summed E-state index contributed by atoms with van der Waals surface area (Å²) in [6.07, 6.45) is 3.99. The fourth-order valence-corrected chi connectivity index (χ4v) is 2.01. The fraction of sp³-hybridized carbons (Fsp3) is 0.294. The second-order valence-corrected chi connectivity index (χ2v) is 5.16. The lowest BCUT2D eigenvalue weighted by Crippen LogP contribution is -2.39. The molecule has 1 aromatic heterocycles. The van der Waals surface area contributed by atoms with Crippen LogP contribution in [0.1, 0.15) is 18.9 Å². The van der Waals surface area contributed by atoms with Gasteiger partial charge in [-0.3, -0.25) is 4.98 Å². The first-order valence-electron chi connectivity index (χ1n) is 7.49. The molecule has 23 heavy (non-hydrogen) atoms. The van der Waals surface area contributed by atoms with E-state index in [1.165, 1.54) is 0 Å². The lowest BCUT2D eigenvalue weighted by Gasteiger charge is -2.15. The highest BCUT2D eigenvalue weighted by Crippen LogP contribution is 2.26. The Kier molecular flexibility index (Phi) is 5.94. The summed E-state index contributed by atoms with van der Waals surface area (Å²) in [6.45, 7) is 3.72. The predicted octanol–water partition coefficient (Wildman–Crippen LogP) is 3.07. The van der Waals surface area contributed by atoms with Crippen LogP contribution >= 0.6 is 0 Å². The highest BCUT2D eigenvalue weighted by atomic mass is 16.5. The Labute approximate surface area is 135 Å². The maximum absolute atomic E-state index is 11.9. The summed E-state index contributed by atoms with van der Waals surface area (Å²) in [5.41, 5.74) is 1.55. The Balaban J connectivity index is 2.00. The molecule has 1 aromatic carbocycles. The number of carbonyl (C=O) groups is 1. The van der Waals surface area contributed by atoms with Crippen molar-refractivity contribution in [3.8, 4) is 11.5 Å². The number of aliphatic hydroxyl groups excluding tert-OH is 1. The van der Waals surface area contributed by atoms with Gasteiger partial charge in [-0.05, 0) is 49.2 Å². The van der Waals surface area contributed by atoms with Crippen molar-refractivity contribution in [1.82, 2.24) is 10.3 Å². The van der Waals surface area contributed by atoms with Crippen molar-refractivity contribution in [2.75, 3.05) is 11.9 Å². The summed E-state index contributed by atoms with van der Waals surface area (Å²) < 4.78 is 5.74. The SMILES string of the molecule is CC[C@@H](CO)NC(=O)Nc1ccc(Oc2cccnc2)c(C)c1. The molecule has 0 aliphatic rings. The summed E-state index contributed by atoms with van der Waals surface area (Å²) in [5.74, 6) is 1.36. The Morgan fingerprint density at radius 2 is 2.22 bits per heavy atom. The van der Waals surface area contributed by atoms with E-state index in [2.05, 4.69) is 15.6 Å². The third kappa shape index (κ3) is 4.96. The number of benzene rings is 1. The van der Waals surface area contributed by atoms with Crippen LogP contribution in [0.4, 0.5) is 10.5 Å². The average molecular weight is 315 g/mol. The second kappa shape index (κ2) is 8.14. The summed E-state index contributed by atoms with van der Waals surface area (Å²) in [7, 11) is 0. The van der Waals surface area contributed by atoms with Gasteiger partial charge in [0.1, 0.15) is 11.5 Å². The minimum Gasteiger partial charge on any atom is -0.455 e. The van der Waals surface area contributed by atoms with E-state index in [1.54, 1.807) is 30.6 Å². The number of nitrogens with one attached hydrogen (secondary N) is 2. The number of anilines is 1. The quantitative estimate of drug-likeness (QED) is 0.765. The number of carbonyl (C=O) groups excluding carboxylic acids is 1. The first-order valence-corrected chi connectivity index (χ1v) is 7.49. The molecule has 6 heteroatoms. The van der Waals surface area contributed by atoms with Crippen LogP contribution in [0, 0.1) is 6.92 Å². The zero-order valence-corrected chi connectivity index (χ0v) is 13.2. The summed E-state index contributed by atoms with van der Waals surface area (Å²) in [4.78, 5) is 15.9. The van der Waals surface area contributed by atoms with Gasteiger partial charge in [0.05, 0.1) is 18.8 Å². The lowest BCUT2D eigenvalue weighted by atomic mass is 10.2. The number of aromatic nitrogens is 1. The van der Waals surface area contributed by atoms with Crippen LogP contribution in [0.5, 0.6) is 11.5 Å². The van der Waals surface area contributed by atoms with Gasteiger partial charge in [0, 0.05) is 11.9 Å². The number of aryl methyl sites for hydroxylation is 1. The van der Waals surface area contributed by atoms with Crippen LogP contribution in [0.25, 0.3) is 0 Å². The standard InChI is InChI=1S/C17H21N3O3/c1-3-13(11-21)19-17(22)20-14-6-7-16(12(2)9-14)23-15-5-4-8-18-10-15/h4-10,13,21H,3,11H2,1-2H3,(H2,19,20,22)/t13-/m0/s1. The first-order chi connectivity index (χ1) is 11.1. The number of ether oxygens (including phenoxy) is 1. The number of aliphatic hydroxyl groups is 1. The summed E-state index contributed by atoms with van der Waals surface area (Å²) in [5, 5.41) is 14.5. The average Bonchev–Trinajstić information content (AvgIpc) is 2.56. The summed E-state index contributed by atoms with van der Waals surface area (Å²) in [6, 6.07) is 8.42. The van der Waals surface area contributed by atoms with Crippen LogP contribution in [-0.4, -0.2) is 28.8 Å². The molecule has 2 aromatic rings. The molecule has 0 aliphatic heterocycles. The summed E-state index contributed by atoms with van der Waals surface area (Å²) >= 11 is 0. The molecule has 6 nitrogen and oxygen atoms in total. The van der Waals surface area contributed by atoms with Crippen LogP contribution in [0.2, 0.25) is 0 Å². The fourth-order valence-electron chi connectivity index (χ4n) is 2.01. The molecule has 3 N–H and O–H groups in total. The van der Waals surface area contributed by atoms with E-state index in [0.717, 1.165) is 5.56 Å². The number of pyridine rings is 1. The molecule has 1 heterocycles. The molecule has 0 radical (unpaired) electrons. The highest BCUT2D eigenvalue weighted by Gasteiger charge is 2.10. The molecular weight excluding hydrogens is 294 g/mol. The molecule has 122 valence electrons. The first kappa shape index (κ1) is 16.8. The molecule has 0 fully saturated rings. The van der Waals surface area contributed by atoms with Gasteiger partial charge in [-0.15, -0.1) is 0 Å². The minimum absolute atomic E-state index is 0.0825. The van der Waals surface area contributed by atoms with Crippen molar-refractivity contribution in [1.29, 1.82) is 0 Å². The number of hydrogen-bond donors (Lipinski definition) is 3. The number of amides is 2. The maximum Gasteiger partial charge on any atom is 0.319 e. The molecule has 0 bridgehead atoms. The monoisotopic (exact) mass is 315 g/mol. The molecule has 0 spiro atoms. The molecule has 0 saturated carbocycles. The molecule has 2 rings (SSSR count). The van der Waals surface area contributed by atoms with E-state index < -0.39 is 0 Å². The van der Waals surface area contributed by atoms with E-state index in [0.29, 0.717) is 23.6 Å². The topological polar surface area (TPSA) is 83.5 Å². The van der Waals surface area contributed by atoms with E-state index in [9.17, 15) is 4.79 Å². The Morgan fingerprint density at radius 3 is 2.83 bits per heavy atom. The van der Waals surface area contributed by atoms with E-state index in [1.807, 2.05) is 26.0 Å². The van der Waals surface area contributed by atoms with Crippen LogP contribution in [0.15, 0.2) is 42.7 Å². The van der Waals surface area contributed by atoms with E-state index in [-0.39, 0.29) is 18.7 Å². The minimum atomic E-state index is -0.341. The molecule has 2 amide bonds. The Bertz CT molecular complexity index is 643. The van der Waals surface area contributed by atoms with Crippen LogP contribution in [0.3, 0.4) is 0 Å². The predicted molar refractivity (Wildman–Crippen MR) is 88.8 cm³/mol. The Morgan fingerprint density at radius 1 is 1.39 bits per heavy atom. The van der Waals surface area contributed by atoms with Crippen molar-refractivity contribution in [3.05, 3.63) is 48.3 Å². The van der Waals surface area contributed by atoms with Gasteiger partial charge < -0.3 is 20.5 Å². The number of rotatable bonds is 6.